The summed E-state index contributed by atoms with van der Waals surface area (Å²) in [7, 11) is 3.14. The van der Waals surface area contributed by atoms with Gasteiger partial charge in [0.1, 0.15) is 17.5 Å². The highest BCUT2D eigenvalue weighted by Crippen LogP contribution is 2.26. The Hall–Kier alpha value is -3.22. The molecule has 2 aromatic carbocycles. The molecule has 1 atom stereocenters. The molecule has 7 nitrogen and oxygen atoms in total. The number of nitrogens with zero attached hydrogens (tertiary/aromatic N) is 1. The molecule has 0 aliphatic carbocycles. The highest BCUT2D eigenvalue weighted by Gasteiger charge is 2.34. The van der Waals surface area contributed by atoms with Gasteiger partial charge in [-0.3, -0.25) is 4.79 Å². The Morgan fingerprint density at radius 3 is 2.44 bits per heavy atom. The third kappa shape index (κ3) is 4.31. The molecule has 7 heteroatoms. The van der Waals surface area contributed by atoms with Crippen molar-refractivity contribution in [1.29, 1.82) is 0 Å². The molecule has 1 saturated heterocycles. The molecule has 0 saturated carbocycles. The number of hydrogen-bond donors (Lipinski definition) is 2. The molecule has 0 radical (unpaired) electrons. The lowest BCUT2D eigenvalue weighted by Gasteiger charge is -2.24. The topological polar surface area (TPSA) is 79.9 Å². The summed E-state index contributed by atoms with van der Waals surface area (Å²) in [5.74, 6) is 1.07. The molecule has 1 aliphatic rings. The zero-order valence-corrected chi connectivity index (χ0v) is 15.4. The van der Waals surface area contributed by atoms with Crippen molar-refractivity contribution in [2.75, 3.05) is 31.4 Å². The van der Waals surface area contributed by atoms with Crippen molar-refractivity contribution in [3.8, 4) is 11.5 Å². The molecule has 3 rings (SSSR count). The Morgan fingerprint density at radius 1 is 1.00 bits per heavy atom. The third-order valence-electron chi connectivity index (χ3n) is 4.52. The summed E-state index contributed by atoms with van der Waals surface area (Å²) in [5.41, 5.74) is 1.24. The van der Waals surface area contributed by atoms with Crippen LogP contribution in [0, 0.1) is 0 Å². The van der Waals surface area contributed by atoms with E-state index < -0.39 is 6.04 Å². The van der Waals surface area contributed by atoms with E-state index in [0.717, 1.165) is 6.42 Å². The van der Waals surface area contributed by atoms with E-state index >= 15 is 0 Å². The number of amides is 3. The number of hydrogen-bond acceptors (Lipinski definition) is 4. The fourth-order valence-electron chi connectivity index (χ4n) is 3.12. The maximum Gasteiger partial charge on any atom is 0.322 e. The Labute approximate surface area is 158 Å². The summed E-state index contributed by atoms with van der Waals surface area (Å²) in [6, 6.07) is 13.4. The minimum Gasteiger partial charge on any atom is -0.497 e. The van der Waals surface area contributed by atoms with Gasteiger partial charge in [-0.2, -0.15) is 0 Å². The summed E-state index contributed by atoms with van der Waals surface area (Å²) in [4.78, 5) is 26.9. The van der Waals surface area contributed by atoms with E-state index in [2.05, 4.69) is 10.6 Å². The van der Waals surface area contributed by atoms with Gasteiger partial charge in [0.05, 0.1) is 19.9 Å². The highest BCUT2D eigenvalue weighted by molar-refractivity contribution is 6.00. The van der Waals surface area contributed by atoms with E-state index in [9.17, 15) is 9.59 Å². The van der Waals surface area contributed by atoms with Crippen molar-refractivity contribution in [3.63, 3.8) is 0 Å². The molecule has 142 valence electrons. The molecule has 0 aromatic heterocycles. The smallest absolute Gasteiger partial charge is 0.322 e. The van der Waals surface area contributed by atoms with Crippen molar-refractivity contribution in [3.05, 3.63) is 48.5 Å². The fourth-order valence-corrected chi connectivity index (χ4v) is 3.12. The lowest BCUT2D eigenvalue weighted by atomic mass is 10.2. The van der Waals surface area contributed by atoms with E-state index in [1.165, 1.54) is 0 Å². The highest BCUT2D eigenvalue weighted by atomic mass is 16.5. The molecule has 27 heavy (non-hydrogen) atoms. The Morgan fingerprint density at radius 2 is 1.74 bits per heavy atom. The van der Waals surface area contributed by atoms with Crippen LogP contribution < -0.4 is 20.1 Å². The molecule has 1 fully saturated rings. The number of methoxy groups -OCH3 is 2. The van der Waals surface area contributed by atoms with Crippen molar-refractivity contribution >= 4 is 23.3 Å². The summed E-state index contributed by atoms with van der Waals surface area (Å²) < 4.78 is 10.4. The Balaban J connectivity index is 1.66. The first-order valence-electron chi connectivity index (χ1n) is 8.78. The van der Waals surface area contributed by atoms with Crippen LogP contribution in [0.3, 0.4) is 0 Å². The molecule has 0 bridgehead atoms. The number of benzene rings is 2. The number of ether oxygens (including phenoxy) is 2. The van der Waals surface area contributed by atoms with Gasteiger partial charge in [0.25, 0.3) is 0 Å². The van der Waals surface area contributed by atoms with Crippen LogP contribution in [0.15, 0.2) is 48.5 Å². The number of likely N-dealkylation sites (tertiary alicyclic amines) is 1. The second-order valence-electron chi connectivity index (χ2n) is 6.20. The monoisotopic (exact) mass is 369 g/mol. The Bertz CT molecular complexity index is 807. The largest absolute Gasteiger partial charge is 0.497 e. The van der Waals surface area contributed by atoms with Gasteiger partial charge in [0.15, 0.2) is 0 Å². The predicted molar refractivity (Wildman–Crippen MR) is 103 cm³/mol. The number of carbonyl (C=O) groups excluding carboxylic acids is 2. The van der Waals surface area contributed by atoms with Crippen LogP contribution in [0.2, 0.25) is 0 Å². The lowest BCUT2D eigenvalue weighted by molar-refractivity contribution is -0.119. The molecule has 2 aromatic rings. The van der Waals surface area contributed by atoms with Gasteiger partial charge in [-0.15, -0.1) is 0 Å². The molecule has 1 aliphatic heterocycles. The Kier molecular flexibility index (Phi) is 5.80. The normalized spacial score (nSPS) is 15.9. The number of para-hydroxylation sites is 2. The summed E-state index contributed by atoms with van der Waals surface area (Å²) in [6.07, 6.45) is 1.40. The van der Waals surface area contributed by atoms with E-state index in [1.54, 1.807) is 55.5 Å². The minimum atomic E-state index is -0.520. The van der Waals surface area contributed by atoms with Gasteiger partial charge in [-0.25, -0.2) is 4.79 Å². The van der Waals surface area contributed by atoms with Crippen LogP contribution in [0.25, 0.3) is 0 Å². The maximum absolute atomic E-state index is 12.7. The quantitative estimate of drug-likeness (QED) is 0.847. The standard InChI is InChI=1S/C20H23N3O4/c1-26-15-11-9-14(10-12-15)21-20(25)23-13-5-7-17(23)19(24)22-16-6-3-4-8-18(16)27-2/h3-4,6,8-12,17H,5,7,13H2,1-2H3,(H,21,25)(H,22,24)/t17-/m1/s1. The van der Waals surface area contributed by atoms with Gasteiger partial charge in [-0.05, 0) is 49.2 Å². The fraction of sp³-hybridized carbons (Fsp3) is 0.300. The van der Waals surface area contributed by atoms with Gasteiger partial charge in [0, 0.05) is 12.2 Å². The molecule has 3 amide bonds. The zero-order chi connectivity index (χ0) is 19.2. The van der Waals surface area contributed by atoms with Crippen molar-refractivity contribution in [2.24, 2.45) is 0 Å². The number of carbonyl (C=O) groups is 2. The SMILES string of the molecule is COc1ccc(NC(=O)N2CCC[C@@H]2C(=O)Nc2ccccc2OC)cc1. The van der Waals surface area contributed by atoms with E-state index in [4.69, 9.17) is 9.47 Å². The number of anilines is 2. The van der Waals surface area contributed by atoms with E-state index in [1.807, 2.05) is 12.1 Å². The van der Waals surface area contributed by atoms with Crippen molar-refractivity contribution in [2.45, 2.75) is 18.9 Å². The van der Waals surface area contributed by atoms with E-state index in [0.29, 0.717) is 35.8 Å². The minimum absolute atomic E-state index is 0.220. The summed E-state index contributed by atoms with van der Waals surface area (Å²) in [6.45, 7) is 0.534. The molecular formula is C20H23N3O4. The van der Waals surface area contributed by atoms with Crippen LogP contribution in [-0.4, -0.2) is 43.6 Å². The first-order chi connectivity index (χ1) is 13.1. The van der Waals surface area contributed by atoms with Crippen LogP contribution in [-0.2, 0) is 4.79 Å². The van der Waals surface area contributed by atoms with Crippen LogP contribution in [0.5, 0.6) is 11.5 Å². The summed E-state index contributed by atoms with van der Waals surface area (Å²) in [5, 5.41) is 5.70. The zero-order valence-electron chi connectivity index (χ0n) is 15.4. The first-order valence-corrected chi connectivity index (χ1v) is 8.78. The molecule has 0 spiro atoms. The van der Waals surface area contributed by atoms with Gasteiger partial charge in [-0.1, -0.05) is 12.1 Å². The average molecular weight is 369 g/mol. The van der Waals surface area contributed by atoms with Crippen molar-refractivity contribution < 1.29 is 19.1 Å². The average Bonchev–Trinajstić information content (AvgIpc) is 3.19. The number of urea groups is 1. The second-order valence-corrected chi connectivity index (χ2v) is 6.20. The second kappa shape index (κ2) is 8.44. The maximum atomic E-state index is 12.7. The lowest BCUT2D eigenvalue weighted by Crippen LogP contribution is -2.45. The number of nitrogens with one attached hydrogen (secondary N) is 2. The number of rotatable bonds is 5. The van der Waals surface area contributed by atoms with Gasteiger partial charge >= 0.3 is 6.03 Å². The van der Waals surface area contributed by atoms with Gasteiger partial charge in [0.2, 0.25) is 5.91 Å². The molecule has 1 heterocycles. The molecule has 0 unspecified atom stereocenters. The van der Waals surface area contributed by atoms with Crippen LogP contribution in [0.1, 0.15) is 12.8 Å². The first kappa shape index (κ1) is 18.6. The van der Waals surface area contributed by atoms with Crippen LogP contribution in [0.4, 0.5) is 16.2 Å². The van der Waals surface area contributed by atoms with Crippen molar-refractivity contribution in [1.82, 2.24) is 4.90 Å². The van der Waals surface area contributed by atoms with Crippen LogP contribution >= 0.6 is 0 Å². The molecular weight excluding hydrogens is 346 g/mol. The third-order valence-corrected chi connectivity index (χ3v) is 4.52. The van der Waals surface area contributed by atoms with E-state index in [-0.39, 0.29) is 11.9 Å². The molecule has 2 N–H and O–H groups in total. The summed E-state index contributed by atoms with van der Waals surface area (Å²) >= 11 is 0. The predicted octanol–water partition coefficient (Wildman–Crippen LogP) is 3.34. The van der Waals surface area contributed by atoms with Gasteiger partial charge < -0.3 is 25.0 Å².